The molecule has 0 radical (unpaired) electrons. The molecule has 0 saturated heterocycles. The van der Waals surface area contributed by atoms with Gasteiger partial charge in [0, 0.05) is 18.8 Å². The maximum Gasteiger partial charge on any atom is 0.0599 e. The van der Waals surface area contributed by atoms with Crippen molar-refractivity contribution < 1.29 is 0 Å². The van der Waals surface area contributed by atoms with Gasteiger partial charge in [0.25, 0.3) is 0 Å². The van der Waals surface area contributed by atoms with Crippen LogP contribution in [-0.2, 0) is 0 Å². The number of nitrogens with two attached hydrogens (primary N) is 1. The van der Waals surface area contributed by atoms with Crippen molar-refractivity contribution in [3.8, 4) is 0 Å². The van der Waals surface area contributed by atoms with Crippen molar-refractivity contribution in [3.05, 3.63) is 40.0 Å². The zero-order valence-corrected chi connectivity index (χ0v) is 8.65. The van der Waals surface area contributed by atoms with Gasteiger partial charge in [-0.1, -0.05) is 29.3 Å². The molecule has 4 heteroatoms. The minimum absolute atomic E-state index is 0.506. The van der Waals surface area contributed by atoms with Crippen LogP contribution in [0.4, 0.5) is 0 Å². The first-order valence-corrected chi connectivity index (χ1v) is 4.49. The Hall–Kier alpha value is -0.860. The van der Waals surface area contributed by atoms with E-state index in [-0.39, 0.29) is 0 Å². The summed E-state index contributed by atoms with van der Waals surface area (Å²) >= 11 is 11.6. The zero-order chi connectivity index (χ0) is 9.84. The second kappa shape index (κ2) is 4.40. The predicted molar refractivity (Wildman–Crippen MR) is 57.7 cm³/mol. The fourth-order valence-electron chi connectivity index (χ4n) is 0.915. The molecule has 0 saturated carbocycles. The standard InChI is InChI=1S/C9H10Cl2N2/c1-13-5-9(12)6-2-3-7(10)8(11)4-6/h2-5,13H,12H2,1H3/b9-5-. The lowest BCUT2D eigenvalue weighted by atomic mass is 10.2. The average molecular weight is 217 g/mol. The first kappa shape index (κ1) is 10.2. The van der Waals surface area contributed by atoms with Gasteiger partial charge in [-0.15, -0.1) is 0 Å². The van der Waals surface area contributed by atoms with Gasteiger partial charge in [-0.2, -0.15) is 0 Å². The molecule has 0 aliphatic carbocycles. The molecule has 0 heterocycles. The minimum Gasteiger partial charge on any atom is -0.397 e. The van der Waals surface area contributed by atoms with E-state index in [1.807, 2.05) is 6.07 Å². The van der Waals surface area contributed by atoms with Gasteiger partial charge < -0.3 is 11.1 Å². The predicted octanol–water partition coefficient (Wildman–Crippen LogP) is 2.47. The molecule has 70 valence electrons. The van der Waals surface area contributed by atoms with Gasteiger partial charge in [0.2, 0.25) is 0 Å². The lowest BCUT2D eigenvalue weighted by Crippen LogP contribution is -2.03. The van der Waals surface area contributed by atoms with Crippen LogP contribution in [0.2, 0.25) is 10.0 Å². The molecule has 13 heavy (non-hydrogen) atoms. The monoisotopic (exact) mass is 216 g/mol. The number of halogens is 2. The third-order valence-electron chi connectivity index (χ3n) is 1.55. The van der Waals surface area contributed by atoms with Crippen molar-refractivity contribution in [3.63, 3.8) is 0 Å². The number of hydrogen-bond donors (Lipinski definition) is 2. The van der Waals surface area contributed by atoms with E-state index in [0.29, 0.717) is 15.7 Å². The summed E-state index contributed by atoms with van der Waals surface area (Å²) < 4.78 is 0. The molecule has 1 rings (SSSR count). The fourth-order valence-corrected chi connectivity index (χ4v) is 1.21. The van der Waals surface area contributed by atoms with E-state index in [0.717, 1.165) is 5.56 Å². The Morgan fingerprint density at radius 3 is 2.62 bits per heavy atom. The van der Waals surface area contributed by atoms with Crippen LogP contribution >= 0.6 is 23.2 Å². The molecule has 3 N–H and O–H groups in total. The SMILES string of the molecule is CN/C=C(\N)c1ccc(Cl)c(Cl)c1. The Morgan fingerprint density at radius 1 is 1.38 bits per heavy atom. The van der Waals surface area contributed by atoms with Crippen molar-refractivity contribution in [2.24, 2.45) is 5.73 Å². The van der Waals surface area contributed by atoms with Gasteiger partial charge in [-0.3, -0.25) is 0 Å². The summed E-state index contributed by atoms with van der Waals surface area (Å²) in [7, 11) is 1.78. The van der Waals surface area contributed by atoms with E-state index < -0.39 is 0 Å². The van der Waals surface area contributed by atoms with Crippen LogP contribution in [-0.4, -0.2) is 7.05 Å². The highest BCUT2D eigenvalue weighted by Gasteiger charge is 2.00. The summed E-state index contributed by atoms with van der Waals surface area (Å²) in [6, 6.07) is 5.26. The van der Waals surface area contributed by atoms with E-state index in [1.165, 1.54) is 0 Å². The van der Waals surface area contributed by atoms with Crippen LogP contribution in [0, 0.1) is 0 Å². The number of benzene rings is 1. The highest BCUT2D eigenvalue weighted by atomic mass is 35.5. The summed E-state index contributed by atoms with van der Waals surface area (Å²) in [5, 5.41) is 3.87. The van der Waals surface area contributed by atoms with Crippen molar-refractivity contribution in [1.82, 2.24) is 5.32 Å². The topological polar surface area (TPSA) is 38.0 Å². The first-order chi connectivity index (χ1) is 6.15. The van der Waals surface area contributed by atoms with E-state index in [1.54, 1.807) is 25.4 Å². The maximum absolute atomic E-state index is 5.82. The van der Waals surface area contributed by atoms with Crippen LogP contribution < -0.4 is 11.1 Å². The maximum atomic E-state index is 5.82. The highest BCUT2D eigenvalue weighted by molar-refractivity contribution is 6.42. The van der Waals surface area contributed by atoms with Gasteiger partial charge >= 0.3 is 0 Å². The van der Waals surface area contributed by atoms with Gasteiger partial charge in [0.15, 0.2) is 0 Å². The Labute approximate surface area is 87.3 Å². The molecule has 0 unspecified atom stereocenters. The molecule has 1 aromatic rings. The second-order valence-corrected chi connectivity index (χ2v) is 3.33. The third kappa shape index (κ3) is 2.54. The number of rotatable bonds is 2. The van der Waals surface area contributed by atoms with Gasteiger partial charge in [-0.25, -0.2) is 0 Å². The molecule has 0 fully saturated rings. The Morgan fingerprint density at radius 2 is 2.08 bits per heavy atom. The Balaban J connectivity index is 3.04. The summed E-state index contributed by atoms with van der Waals surface area (Å²) in [4.78, 5) is 0. The first-order valence-electron chi connectivity index (χ1n) is 3.73. The number of nitrogens with one attached hydrogen (secondary N) is 1. The molecule has 0 aliphatic heterocycles. The van der Waals surface area contributed by atoms with Gasteiger partial charge in [0.1, 0.15) is 0 Å². The van der Waals surface area contributed by atoms with Gasteiger partial charge in [-0.05, 0) is 12.1 Å². The van der Waals surface area contributed by atoms with Crippen LogP contribution in [0.3, 0.4) is 0 Å². The molecule has 1 aromatic carbocycles. The Bertz CT molecular complexity index is 334. The molecule has 2 nitrogen and oxygen atoms in total. The molecule has 0 aromatic heterocycles. The molecule has 0 amide bonds. The zero-order valence-electron chi connectivity index (χ0n) is 7.14. The number of hydrogen-bond acceptors (Lipinski definition) is 2. The molecular formula is C9H10Cl2N2. The smallest absolute Gasteiger partial charge is 0.0599 e. The van der Waals surface area contributed by atoms with Crippen molar-refractivity contribution in [2.45, 2.75) is 0 Å². The minimum atomic E-state index is 0.506. The quantitative estimate of drug-likeness (QED) is 0.798. The van der Waals surface area contributed by atoms with Crippen molar-refractivity contribution >= 4 is 28.9 Å². The normalized spacial score (nSPS) is 11.5. The summed E-state index contributed by atoms with van der Waals surface area (Å²) in [5.74, 6) is 0. The fraction of sp³-hybridized carbons (Fsp3) is 0.111. The van der Waals surface area contributed by atoms with E-state index >= 15 is 0 Å². The molecule has 0 bridgehead atoms. The molecule has 0 spiro atoms. The van der Waals surface area contributed by atoms with Crippen LogP contribution in [0.15, 0.2) is 24.4 Å². The third-order valence-corrected chi connectivity index (χ3v) is 2.29. The summed E-state index contributed by atoms with van der Waals surface area (Å²) in [6.45, 7) is 0. The van der Waals surface area contributed by atoms with Crippen LogP contribution in [0.1, 0.15) is 5.56 Å². The summed E-state index contributed by atoms with van der Waals surface area (Å²) in [5.41, 5.74) is 7.20. The molecule has 0 atom stereocenters. The molecule has 0 aliphatic rings. The van der Waals surface area contributed by atoms with E-state index in [9.17, 15) is 0 Å². The molecular weight excluding hydrogens is 207 g/mol. The highest BCUT2D eigenvalue weighted by Crippen LogP contribution is 2.24. The van der Waals surface area contributed by atoms with Crippen LogP contribution in [0.25, 0.3) is 5.70 Å². The average Bonchev–Trinajstić information content (AvgIpc) is 2.10. The van der Waals surface area contributed by atoms with E-state index in [2.05, 4.69) is 5.32 Å². The van der Waals surface area contributed by atoms with Gasteiger partial charge in [0.05, 0.1) is 15.7 Å². The lowest BCUT2D eigenvalue weighted by molar-refractivity contribution is 1.10. The van der Waals surface area contributed by atoms with Crippen molar-refractivity contribution in [2.75, 3.05) is 7.05 Å². The Kier molecular flexibility index (Phi) is 3.46. The van der Waals surface area contributed by atoms with E-state index in [4.69, 9.17) is 28.9 Å². The largest absolute Gasteiger partial charge is 0.397 e. The van der Waals surface area contributed by atoms with Crippen molar-refractivity contribution in [1.29, 1.82) is 0 Å². The lowest BCUT2D eigenvalue weighted by Gasteiger charge is -2.03. The van der Waals surface area contributed by atoms with Crippen LogP contribution in [0.5, 0.6) is 0 Å². The summed E-state index contributed by atoms with van der Waals surface area (Å²) in [6.07, 6.45) is 1.69. The second-order valence-electron chi connectivity index (χ2n) is 2.52.